The molecule has 0 bridgehead atoms. The van der Waals surface area contributed by atoms with Gasteiger partial charge in [0.2, 0.25) is 17.7 Å². The van der Waals surface area contributed by atoms with Crippen LogP contribution in [0, 0.1) is 5.92 Å². The van der Waals surface area contributed by atoms with Crippen molar-refractivity contribution >= 4 is 23.7 Å². The van der Waals surface area contributed by atoms with Crippen LogP contribution in [0.5, 0.6) is 0 Å². The van der Waals surface area contributed by atoms with Gasteiger partial charge in [-0.3, -0.25) is 14.4 Å². The van der Waals surface area contributed by atoms with Gasteiger partial charge in [-0.05, 0) is 25.3 Å². The largest absolute Gasteiger partial charge is 0.480 e. The summed E-state index contributed by atoms with van der Waals surface area (Å²) in [5, 5.41) is 13.8. The zero-order chi connectivity index (χ0) is 19.6. The standard InChI is InChI=1S/C15H29N5O5/c1-8(2)12(15(24)25)20-14(23)10(7-11(18)21)19-13(22)9(17)5-3-4-6-16/h8-10,12H,3-7,16-17H2,1-2H3,(H2,18,21)(H,19,22)(H,20,23)(H,24,25)/t9-,10-,12-/m0/s1. The average molecular weight is 359 g/mol. The van der Waals surface area contributed by atoms with Gasteiger partial charge in [0.1, 0.15) is 12.1 Å². The van der Waals surface area contributed by atoms with Gasteiger partial charge in [-0.15, -0.1) is 0 Å². The lowest BCUT2D eigenvalue weighted by atomic mass is 10.0. The number of rotatable bonds is 12. The summed E-state index contributed by atoms with van der Waals surface area (Å²) in [6, 6.07) is -3.31. The van der Waals surface area contributed by atoms with Crippen molar-refractivity contribution in [2.45, 2.75) is 57.7 Å². The van der Waals surface area contributed by atoms with E-state index in [1.807, 2.05) is 0 Å². The maximum atomic E-state index is 12.3. The van der Waals surface area contributed by atoms with E-state index in [1.54, 1.807) is 13.8 Å². The van der Waals surface area contributed by atoms with Gasteiger partial charge >= 0.3 is 5.97 Å². The molecule has 144 valence electrons. The lowest BCUT2D eigenvalue weighted by Crippen LogP contribution is -2.56. The van der Waals surface area contributed by atoms with Crippen LogP contribution in [0.4, 0.5) is 0 Å². The van der Waals surface area contributed by atoms with Gasteiger partial charge in [0.25, 0.3) is 0 Å². The molecule has 0 aliphatic rings. The van der Waals surface area contributed by atoms with E-state index in [0.717, 1.165) is 0 Å². The molecule has 0 unspecified atom stereocenters. The Balaban J connectivity index is 4.93. The molecule has 0 aromatic heterocycles. The molecule has 0 heterocycles. The van der Waals surface area contributed by atoms with Crippen LogP contribution in [-0.2, 0) is 19.2 Å². The van der Waals surface area contributed by atoms with E-state index in [1.165, 1.54) is 0 Å². The maximum Gasteiger partial charge on any atom is 0.326 e. The first kappa shape index (κ1) is 22.8. The Labute approximate surface area is 146 Å². The summed E-state index contributed by atoms with van der Waals surface area (Å²) in [5.74, 6) is -3.83. The lowest BCUT2D eigenvalue weighted by Gasteiger charge is -2.23. The van der Waals surface area contributed by atoms with Gasteiger partial charge in [0, 0.05) is 0 Å². The van der Waals surface area contributed by atoms with Crippen LogP contribution in [0.2, 0.25) is 0 Å². The third-order valence-electron chi connectivity index (χ3n) is 3.57. The lowest BCUT2D eigenvalue weighted by molar-refractivity contribution is -0.143. The van der Waals surface area contributed by atoms with Gasteiger partial charge in [-0.25, -0.2) is 4.79 Å². The Morgan fingerprint density at radius 3 is 2.08 bits per heavy atom. The first-order valence-electron chi connectivity index (χ1n) is 8.17. The van der Waals surface area contributed by atoms with Gasteiger partial charge in [0.05, 0.1) is 12.5 Å². The van der Waals surface area contributed by atoms with Crippen molar-refractivity contribution in [3.63, 3.8) is 0 Å². The number of nitrogens with one attached hydrogen (secondary N) is 2. The van der Waals surface area contributed by atoms with E-state index in [0.29, 0.717) is 25.8 Å². The van der Waals surface area contributed by atoms with Crippen LogP contribution in [0.25, 0.3) is 0 Å². The second-order valence-electron chi connectivity index (χ2n) is 6.19. The van der Waals surface area contributed by atoms with Crippen molar-refractivity contribution in [2.24, 2.45) is 23.1 Å². The van der Waals surface area contributed by atoms with Crippen LogP contribution in [0.15, 0.2) is 0 Å². The van der Waals surface area contributed by atoms with Gasteiger partial charge in [0.15, 0.2) is 0 Å². The Bertz CT molecular complexity index is 483. The maximum absolute atomic E-state index is 12.3. The molecular weight excluding hydrogens is 330 g/mol. The third kappa shape index (κ3) is 9.01. The van der Waals surface area contributed by atoms with Gasteiger partial charge in [-0.1, -0.05) is 20.3 Å². The average Bonchev–Trinajstić information content (AvgIpc) is 2.50. The van der Waals surface area contributed by atoms with Crippen molar-refractivity contribution in [1.29, 1.82) is 0 Å². The van der Waals surface area contributed by atoms with Crippen molar-refractivity contribution in [3.8, 4) is 0 Å². The number of amides is 3. The summed E-state index contributed by atoms with van der Waals surface area (Å²) in [7, 11) is 0. The molecule has 0 aromatic carbocycles. The fourth-order valence-corrected chi connectivity index (χ4v) is 2.10. The minimum Gasteiger partial charge on any atom is -0.480 e. The summed E-state index contributed by atoms with van der Waals surface area (Å²) >= 11 is 0. The Morgan fingerprint density at radius 1 is 1.04 bits per heavy atom. The van der Waals surface area contributed by atoms with Crippen molar-refractivity contribution in [1.82, 2.24) is 10.6 Å². The predicted molar refractivity (Wildman–Crippen MR) is 91.0 cm³/mol. The normalized spacial score (nSPS) is 14.4. The quantitative estimate of drug-likeness (QED) is 0.218. The molecule has 0 saturated heterocycles. The van der Waals surface area contributed by atoms with Crippen LogP contribution in [0.1, 0.15) is 39.5 Å². The molecule has 10 nitrogen and oxygen atoms in total. The minimum absolute atomic E-state index is 0.373. The van der Waals surface area contributed by atoms with Crippen molar-refractivity contribution < 1.29 is 24.3 Å². The van der Waals surface area contributed by atoms with Crippen molar-refractivity contribution in [3.05, 3.63) is 0 Å². The zero-order valence-corrected chi connectivity index (χ0v) is 14.7. The van der Waals surface area contributed by atoms with E-state index in [-0.39, 0.29) is 5.92 Å². The molecule has 0 rings (SSSR count). The summed E-state index contributed by atoms with van der Waals surface area (Å²) < 4.78 is 0. The molecule has 10 heteroatoms. The Hall–Kier alpha value is -2.20. The molecule has 9 N–H and O–H groups in total. The SMILES string of the molecule is CC(C)[C@H](NC(=O)[C@H](CC(N)=O)NC(=O)[C@@H](N)CCCCN)C(=O)O. The molecule has 0 aliphatic carbocycles. The molecule has 0 aliphatic heterocycles. The Kier molecular flexibility index (Phi) is 10.4. The fourth-order valence-electron chi connectivity index (χ4n) is 2.10. The number of nitrogens with two attached hydrogens (primary N) is 3. The van der Waals surface area contributed by atoms with E-state index in [2.05, 4.69) is 10.6 Å². The monoisotopic (exact) mass is 359 g/mol. The summed E-state index contributed by atoms with van der Waals surface area (Å²) in [4.78, 5) is 46.7. The highest BCUT2D eigenvalue weighted by molar-refractivity contribution is 5.94. The number of carboxylic acids is 1. The number of hydrogen-bond donors (Lipinski definition) is 6. The van der Waals surface area contributed by atoms with Crippen LogP contribution >= 0.6 is 0 Å². The van der Waals surface area contributed by atoms with E-state index in [9.17, 15) is 19.2 Å². The minimum atomic E-state index is -1.29. The summed E-state index contributed by atoms with van der Waals surface area (Å²) in [6.07, 6.45) is 1.27. The first-order chi connectivity index (χ1) is 11.6. The van der Waals surface area contributed by atoms with Crippen LogP contribution < -0.4 is 27.8 Å². The highest BCUT2D eigenvalue weighted by Crippen LogP contribution is 2.04. The van der Waals surface area contributed by atoms with Crippen molar-refractivity contribution in [2.75, 3.05) is 6.54 Å². The summed E-state index contributed by atoms with van der Waals surface area (Å²) in [5.41, 5.74) is 16.2. The third-order valence-corrected chi connectivity index (χ3v) is 3.57. The second kappa shape index (κ2) is 11.4. The summed E-state index contributed by atoms with van der Waals surface area (Å²) in [6.45, 7) is 3.72. The number of unbranched alkanes of at least 4 members (excludes halogenated alkanes) is 1. The highest BCUT2D eigenvalue weighted by Gasteiger charge is 2.30. The Morgan fingerprint density at radius 2 is 1.64 bits per heavy atom. The molecule has 0 aromatic rings. The molecule has 3 amide bonds. The van der Waals surface area contributed by atoms with E-state index in [4.69, 9.17) is 22.3 Å². The van der Waals surface area contributed by atoms with Crippen LogP contribution in [-0.4, -0.2) is 53.5 Å². The van der Waals surface area contributed by atoms with E-state index >= 15 is 0 Å². The highest BCUT2D eigenvalue weighted by atomic mass is 16.4. The number of carbonyl (C=O) groups is 4. The molecule has 0 saturated carbocycles. The number of carboxylic acid groups (broad SMARTS) is 1. The molecule has 3 atom stereocenters. The second-order valence-corrected chi connectivity index (χ2v) is 6.19. The molecule has 25 heavy (non-hydrogen) atoms. The predicted octanol–water partition coefficient (Wildman–Crippen LogP) is -1.97. The zero-order valence-electron chi connectivity index (χ0n) is 14.7. The molecule has 0 radical (unpaired) electrons. The number of primary amides is 1. The number of hydrogen-bond acceptors (Lipinski definition) is 6. The smallest absolute Gasteiger partial charge is 0.326 e. The van der Waals surface area contributed by atoms with Gasteiger partial charge in [-0.2, -0.15) is 0 Å². The van der Waals surface area contributed by atoms with E-state index < -0.39 is 48.2 Å². The molecule has 0 fully saturated rings. The first-order valence-corrected chi connectivity index (χ1v) is 8.17. The molecular formula is C15H29N5O5. The van der Waals surface area contributed by atoms with Crippen LogP contribution in [0.3, 0.4) is 0 Å². The fraction of sp³-hybridized carbons (Fsp3) is 0.733. The molecule has 0 spiro atoms. The number of aliphatic carboxylic acids is 1. The topological polar surface area (TPSA) is 191 Å². The number of carbonyl (C=O) groups excluding carboxylic acids is 3. The van der Waals surface area contributed by atoms with Gasteiger partial charge < -0.3 is 32.9 Å².